The average molecular weight is 382 g/mol. The molecule has 0 unspecified atom stereocenters. The lowest BCUT2D eigenvalue weighted by molar-refractivity contribution is -0.113. The Bertz CT molecular complexity index is 778. The number of para-hydroxylation sites is 1. The van der Waals surface area contributed by atoms with E-state index in [4.69, 9.17) is 4.99 Å². The van der Waals surface area contributed by atoms with E-state index in [2.05, 4.69) is 16.3 Å². The van der Waals surface area contributed by atoms with E-state index >= 15 is 0 Å². The molecule has 3 rings (SSSR count). The Labute approximate surface area is 166 Å². The molecule has 4 nitrogen and oxygen atoms in total. The Morgan fingerprint density at radius 2 is 1.70 bits per heavy atom. The van der Waals surface area contributed by atoms with Crippen LogP contribution in [0, 0.1) is 13.8 Å². The number of nitrogens with zero attached hydrogens (tertiary/aromatic N) is 2. The molecule has 1 amide bonds. The lowest BCUT2D eigenvalue weighted by Gasteiger charge is -2.29. The number of likely N-dealkylation sites (tertiary alicyclic amines) is 1. The number of carbonyl (C=O) groups is 1. The summed E-state index contributed by atoms with van der Waals surface area (Å²) in [5.74, 6) is 0.359. The summed E-state index contributed by atoms with van der Waals surface area (Å²) < 4.78 is 0. The van der Waals surface area contributed by atoms with Crippen LogP contribution in [0.25, 0.3) is 0 Å². The van der Waals surface area contributed by atoms with Crippen LogP contribution < -0.4 is 5.32 Å². The van der Waals surface area contributed by atoms with Crippen molar-refractivity contribution in [3.63, 3.8) is 0 Å². The molecule has 2 aromatic carbocycles. The van der Waals surface area contributed by atoms with Crippen LogP contribution in [-0.4, -0.2) is 34.8 Å². The first-order chi connectivity index (χ1) is 13.1. The molecule has 1 aliphatic rings. The van der Waals surface area contributed by atoms with Gasteiger partial charge in [0.2, 0.25) is 5.91 Å². The first kappa shape index (κ1) is 19.5. The number of hydrogen-bond donors (Lipinski definition) is 1. The van der Waals surface area contributed by atoms with E-state index in [9.17, 15) is 4.79 Å². The van der Waals surface area contributed by atoms with E-state index < -0.39 is 0 Å². The second kappa shape index (κ2) is 9.60. The van der Waals surface area contributed by atoms with Gasteiger partial charge in [-0.3, -0.25) is 4.79 Å². The van der Waals surface area contributed by atoms with Gasteiger partial charge in [0, 0.05) is 18.8 Å². The van der Waals surface area contributed by atoms with Crippen LogP contribution in [0.3, 0.4) is 0 Å². The fraction of sp³-hybridized carbons (Fsp3) is 0.364. The Balaban J connectivity index is 1.66. The largest absolute Gasteiger partial charge is 0.351 e. The van der Waals surface area contributed by atoms with Gasteiger partial charge in [0.15, 0.2) is 5.17 Å². The maximum absolute atomic E-state index is 12.5. The van der Waals surface area contributed by atoms with Gasteiger partial charge in [-0.05, 0) is 68.5 Å². The summed E-state index contributed by atoms with van der Waals surface area (Å²) in [4.78, 5) is 19.6. The predicted octanol–water partition coefficient (Wildman–Crippen LogP) is 5.15. The lowest BCUT2D eigenvalue weighted by Crippen LogP contribution is -2.34. The molecular formula is C22H27N3OS. The molecule has 2 aromatic rings. The standard InChI is InChI=1S/C22H27N3OS/c1-17-13-18(2)15-20(14-17)23-21(26)16-27-22(25-11-7-4-8-12-25)24-19-9-5-3-6-10-19/h3,5-6,9-10,13-15H,4,7-8,11-12,16H2,1-2H3,(H,23,26). The summed E-state index contributed by atoms with van der Waals surface area (Å²) in [6, 6.07) is 16.1. The van der Waals surface area contributed by atoms with E-state index in [1.165, 1.54) is 31.0 Å². The molecule has 0 bridgehead atoms. The zero-order valence-corrected chi connectivity index (χ0v) is 16.9. The molecule has 27 heavy (non-hydrogen) atoms. The summed E-state index contributed by atoms with van der Waals surface area (Å²) in [7, 11) is 0. The van der Waals surface area contributed by atoms with E-state index in [1.54, 1.807) is 0 Å². The van der Waals surface area contributed by atoms with E-state index in [-0.39, 0.29) is 5.91 Å². The van der Waals surface area contributed by atoms with Gasteiger partial charge >= 0.3 is 0 Å². The Morgan fingerprint density at radius 1 is 1.04 bits per heavy atom. The molecule has 1 saturated heterocycles. The summed E-state index contributed by atoms with van der Waals surface area (Å²) in [6.07, 6.45) is 3.64. The van der Waals surface area contributed by atoms with Crippen LogP contribution in [0.5, 0.6) is 0 Å². The Hall–Kier alpha value is -2.27. The number of thioether (sulfide) groups is 1. The van der Waals surface area contributed by atoms with Crippen LogP contribution in [0.15, 0.2) is 53.5 Å². The van der Waals surface area contributed by atoms with Gasteiger partial charge in [-0.2, -0.15) is 0 Å². The van der Waals surface area contributed by atoms with Gasteiger partial charge in [0.25, 0.3) is 0 Å². The molecular weight excluding hydrogens is 354 g/mol. The lowest BCUT2D eigenvalue weighted by atomic mass is 10.1. The highest BCUT2D eigenvalue weighted by Gasteiger charge is 2.17. The fourth-order valence-corrected chi connectivity index (χ4v) is 4.13. The first-order valence-corrected chi connectivity index (χ1v) is 10.5. The van der Waals surface area contributed by atoms with Crippen molar-refractivity contribution in [1.29, 1.82) is 0 Å². The number of rotatable bonds is 4. The third-order valence-corrected chi connectivity index (χ3v) is 5.46. The Morgan fingerprint density at radius 3 is 2.37 bits per heavy atom. The molecule has 0 spiro atoms. The number of piperidine rings is 1. The molecule has 1 aliphatic heterocycles. The number of hydrogen-bond acceptors (Lipinski definition) is 3. The minimum absolute atomic E-state index is 0.00257. The number of amides is 1. The molecule has 142 valence electrons. The van der Waals surface area contributed by atoms with Crippen molar-refractivity contribution in [2.45, 2.75) is 33.1 Å². The zero-order valence-electron chi connectivity index (χ0n) is 16.1. The van der Waals surface area contributed by atoms with Gasteiger partial charge in [0.1, 0.15) is 0 Å². The Kier molecular flexibility index (Phi) is 6.93. The zero-order chi connectivity index (χ0) is 19.1. The highest BCUT2D eigenvalue weighted by atomic mass is 32.2. The van der Waals surface area contributed by atoms with Crippen molar-refractivity contribution in [3.8, 4) is 0 Å². The summed E-state index contributed by atoms with van der Waals surface area (Å²) in [5, 5.41) is 3.95. The smallest absolute Gasteiger partial charge is 0.234 e. The van der Waals surface area contributed by atoms with Crippen LogP contribution in [0.4, 0.5) is 11.4 Å². The highest BCUT2D eigenvalue weighted by Crippen LogP contribution is 2.21. The highest BCUT2D eigenvalue weighted by molar-refractivity contribution is 8.14. The molecule has 1 fully saturated rings. The number of aryl methyl sites for hydroxylation is 2. The van der Waals surface area contributed by atoms with Crippen LogP contribution in [0.2, 0.25) is 0 Å². The monoisotopic (exact) mass is 381 g/mol. The third kappa shape index (κ3) is 6.14. The molecule has 0 atom stereocenters. The van der Waals surface area contributed by atoms with Crippen molar-refractivity contribution in [1.82, 2.24) is 4.90 Å². The van der Waals surface area contributed by atoms with Crippen molar-refractivity contribution in [2.24, 2.45) is 4.99 Å². The van der Waals surface area contributed by atoms with E-state index in [1.807, 2.05) is 56.3 Å². The number of nitrogens with one attached hydrogen (secondary N) is 1. The quantitative estimate of drug-likeness (QED) is 0.588. The summed E-state index contributed by atoms with van der Waals surface area (Å²) >= 11 is 1.52. The average Bonchev–Trinajstić information content (AvgIpc) is 2.66. The topological polar surface area (TPSA) is 44.7 Å². The van der Waals surface area contributed by atoms with Gasteiger partial charge < -0.3 is 10.2 Å². The van der Waals surface area contributed by atoms with E-state index in [0.29, 0.717) is 5.75 Å². The molecule has 0 aliphatic carbocycles. The van der Waals surface area contributed by atoms with Crippen molar-refractivity contribution in [2.75, 3.05) is 24.2 Å². The molecule has 0 saturated carbocycles. The molecule has 5 heteroatoms. The number of amidine groups is 1. The van der Waals surface area contributed by atoms with Gasteiger partial charge in [0.05, 0.1) is 11.4 Å². The number of aliphatic imine (C=N–C) groups is 1. The van der Waals surface area contributed by atoms with Gasteiger partial charge in [-0.25, -0.2) is 4.99 Å². The van der Waals surface area contributed by atoms with Crippen LogP contribution in [0.1, 0.15) is 30.4 Å². The van der Waals surface area contributed by atoms with Crippen LogP contribution in [-0.2, 0) is 4.79 Å². The van der Waals surface area contributed by atoms with E-state index in [0.717, 1.165) is 40.8 Å². The van der Waals surface area contributed by atoms with Crippen LogP contribution >= 0.6 is 11.8 Å². The molecule has 0 aromatic heterocycles. The molecule has 1 heterocycles. The second-order valence-corrected chi connectivity index (χ2v) is 7.93. The maximum atomic E-state index is 12.5. The minimum Gasteiger partial charge on any atom is -0.351 e. The second-order valence-electron chi connectivity index (χ2n) is 6.99. The summed E-state index contributed by atoms with van der Waals surface area (Å²) in [6.45, 7) is 6.10. The number of anilines is 1. The molecule has 1 N–H and O–H groups in total. The fourth-order valence-electron chi connectivity index (χ4n) is 3.27. The maximum Gasteiger partial charge on any atom is 0.234 e. The summed E-state index contributed by atoms with van der Waals surface area (Å²) in [5.41, 5.74) is 4.09. The van der Waals surface area contributed by atoms with Crippen molar-refractivity contribution in [3.05, 3.63) is 59.7 Å². The predicted molar refractivity (Wildman–Crippen MR) is 116 cm³/mol. The van der Waals surface area contributed by atoms with Gasteiger partial charge in [-0.1, -0.05) is 36.0 Å². The third-order valence-electron chi connectivity index (χ3n) is 4.45. The van der Waals surface area contributed by atoms with Crippen molar-refractivity contribution >= 4 is 34.2 Å². The van der Waals surface area contributed by atoms with Crippen molar-refractivity contribution < 1.29 is 4.79 Å². The molecule has 0 radical (unpaired) electrons. The SMILES string of the molecule is Cc1cc(C)cc(NC(=O)CSC(=Nc2ccccc2)N2CCCCC2)c1. The number of carbonyl (C=O) groups excluding carboxylic acids is 1. The first-order valence-electron chi connectivity index (χ1n) is 9.50. The number of benzene rings is 2. The van der Waals surface area contributed by atoms with Gasteiger partial charge in [-0.15, -0.1) is 0 Å². The minimum atomic E-state index is 0.00257. The normalized spacial score (nSPS) is 14.9.